The second-order valence-electron chi connectivity index (χ2n) is 5.92. The average molecular weight is 326 g/mol. The Morgan fingerprint density at radius 1 is 1.00 bits per heavy atom. The third-order valence-electron chi connectivity index (χ3n) is 3.90. The van der Waals surface area contributed by atoms with Crippen molar-refractivity contribution < 1.29 is 9.53 Å². The molecular weight excluding hydrogens is 300 g/mol. The highest BCUT2D eigenvalue weighted by molar-refractivity contribution is 5.78. The molecule has 2 rings (SSSR count). The van der Waals surface area contributed by atoms with Crippen molar-refractivity contribution in [2.45, 2.75) is 26.7 Å². The molecule has 1 atom stereocenters. The molecule has 1 unspecified atom stereocenters. The van der Waals surface area contributed by atoms with Gasteiger partial charge in [-0.25, -0.2) is 0 Å². The van der Waals surface area contributed by atoms with Gasteiger partial charge in [0, 0.05) is 19.0 Å². The summed E-state index contributed by atoms with van der Waals surface area (Å²) < 4.78 is 5.82. The molecule has 2 aromatic carbocycles. The first-order valence-corrected chi connectivity index (χ1v) is 8.31. The predicted molar refractivity (Wildman–Crippen MR) is 96.3 cm³/mol. The minimum Gasteiger partial charge on any atom is -0.372 e. The van der Waals surface area contributed by atoms with Crippen LogP contribution in [0, 0.1) is 5.92 Å². The van der Waals surface area contributed by atoms with Crippen molar-refractivity contribution in [2.75, 3.05) is 13.6 Å². The number of hydrogen-bond donors (Lipinski definition) is 2. The summed E-state index contributed by atoms with van der Waals surface area (Å²) in [4.78, 5) is 12.0. The Hall–Kier alpha value is -2.17. The van der Waals surface area contributed by atoms with E-state index in [0.29, 0.717) is 26.3 Å². The third-order valence-corrected chi connectivity index (χ3v) is 3.90. The molecule has 0 spiro atoms. The molecule has 0 saturated carbocycles. The minimum atomic E-state index is -0.0449. The smallest absolute Gasteiger partial charge is 0.224 e. The van der Waals surface area contributed by atoms with Crippen LogP contribution in [0.25, 0.3) is 0 Å². The van der Waals surface area contributed by atoms with E-state index < -0.39 is 0 Å². The van der Waals surface area contributed by atoms with Crippen molar-refractivity contribution in [1.82, 2.24) is 10.6 Å². The topological polar surface area (TPSA) is 50.4 Å². The third kappa shape index (κ3) is 5.80. The molecule has 24 heavy (non-hydrogen) atoms. The Labute approximate surface area is 144 Å². The average Bonchev–Trinajstić information content (AvgIpc) is 2.61. The Balaban J connectivity index is 1.86. The van der Waals surface area contributed by atoms with E-state index in [2.05, 4.69) is 22.8 Å². The summed E-state index contributed by atoms with van der Waals surface area (Å²) in [5.74, 6) is 0.0147. The molecular formula is C20H26N2O2. The van der Waals surface area contributed by atoms with Crippen LogP contribution in [0.5, 0.6) is 0 Å². The summed E-state index contributed by atoms with van der Waals surface area (Å²) >= 11 is 0. The van der Waals surface area contributed by atoms with Crippen molar-refractivity contribution >= 4 is 5.91 Å². The molecule has 2 N–H and O–H groups in total. The van der Waals surface area contributed by atoms with Gasteiger partial charge < -0.3 is 15.4 Å². The summed E-state index contributed by atoms with van der Waals surface area (Å²) in [5, 5.41) is 6.02. The monoisotopic (exact) mass is 326 g/mol. The lowest BCUT2D eigenvalue weighted by Gasteiger charge is -2.14. The molecule has 0 bridgehead atoms. The highest BCUT2D eigenvalue weighted by atomic mass is 16.5. The molecule has 0 aliphatic rings. The molecule has 1 amide bonds. The number of rotatable bonds is 9. The quantitative estimate of drug-likeness (QED) is 0.745. The van der Waals surface area contributed by atoms with Crippen LogP contribution in [0.3, 0.4) is 0 Å². The minimum absolute atomic E-state index is 0.0449. The van der Waals surface area contributed by atoms with Gasteiger partial charge in [0.25, 0.3) is 0 Å². The van der Waals surface area contributed by atoms with Crippen molar-refractivity contribution in [2.24, 2.45) is 5.92 Å². The fourth-order valence-electron chi connectivity index (χ4n) is 2.48. The van der Waals surface area contributed by atoms with Gasteiger partial charge in [-0.15, -0.1) is 0 Å². The number of ether oxygens (including phenoxy) is 1. The molecule has 0 saturated heterocycles. The molecule has 0 aliphatic carbocycles. The Morgan fingerprint density at radius 2 is 1.67 bits per heavy atom. The van der Waals surface area contributed by atoms with Crippen LogP contribution < -0.4 is 10.6 Å². The van der Waals surface area contributed by atoms with E-state index in [-0.39, 0.29) is 11.8 Å². The number of hydrogen-bond acceptors (Lipinski definition) is 3. The van der Waals surface area contributed by atoms with Gasteiger partial charge in [-0.05, 0) is 23.7 Å². The number of amides is 1. The SMILES string of the molecule is CNCC(C)C(=O)NCc1ccccc1COCc1ccccc1. The van der Waals surface area contributed by atoms with Crippen molar-refractivity contribution in [3.63, 3.8) is 0 Å². The van der Waals surface area contributed by atoms with Crippen LogP contribution >= 0.6 is 0 Å². The lowest BCUT2D eigenvalue weighted by molar-refractivity contribution is -0.124. The maximum atomic E-state index is 12.0. The van der Waals surface area contributed by atoms with E-state index in [0.717, 1.165) is 16.7 Å². The first kappa shape index (κ1) is 18.2. The predicted octanol–water partition coefficient (Wildman–Crippen LogP) is 2.88. The molecule has 0 aliphatic heterocycles. The zero-order valence-electron chi connectivity index (χ0n) is 14.4. The number of nitrogens with one attached hydrogen (secondary N) is 2. The Morgan fingerprint density at radius 3 is 2.38 bits per heavy atom. The molecule has 0 fully saturated rings. The summed E-state index contributed by atoms with van der Waals surface area (Å²) in [6, 6.07) is 18.2. The zero-order chi connectivity index (χ0) is 17.2. The number of benzene rings is 2. The zero-order valence-corrected chi connectivity index (χ0v) is 14.4. The van der Waals surface area contributed by atoms with Gasteiger partial charge >= 0.3 is 0 Å². The molecule has 4 nitrogen and oxygen atoms in total. The lowest BCUT2D eigenvalue weighted by atomic mass is 10.1. The van der Waals surface area contributed by atoms with E-state index in [1.807, 2.05) is 56.4 Å². The summed E-state index contributed by atoms with van der Waals surface area (Å²) in [6.45, 7) is 4.24. The molecule has 0 radical (unpaired) electrons. The van der Waals surface area contributed by atoms with Gasteiger partial charge in [0.2, 0.25) is 5.91 Å². The van der Waals surface area contributed by atoms with Crippen molar-refractivity contribution in [3.05, 3.63) is 71.3 Å². The van der Waals surface area contributed by atoms with Gasteiger partial charge in [-0.1, -0.05) is 61.5 Å². The van der Waals surface area contributed by atoms with Crippen LogP contribution in [0.15, 0.2) is 54.6 Å². The molecule has 0 heterocycles. The van der Waals surface area contributed by atoms with Gasteiger partial charge in [0.15, 0.2) is 0 Å². The van der Waals surface area contributed by atoms with E-state index in [9.17, 15) is 4.79 Å². The first-order chi connectivity index (χ1) is 11.7. The van der Waals surface area contributed by atoms with Gasteiger partial charge in [0.05, 0.1) is 13.2 Å². The van der Waals surface area contributed by atoms with Gasteiger partial charge in [-0.3, -0.25) is 4.79 Å². The molecule has 0 aromatic heterocycles. The maximum Gasteiger partial charge on any atom is 0.224 e. The van der Waals surface area contributed by atoms with E-state index >= 15 is 0 Å². The largest absolute Gasteiger partial charge is 0.372 e. The van der Waals surface area contributed by atoms with Gasteiger partial charge in [0.1, 0.15) is 0 Å². The normalized spacial score (nSPS) is 11.9. The fourth-order valence-corrected chi connectivity index (χ4v) is 2.48. The molecule has 2 aromatic rings. The van der Waals surface area contributed by atoms with Gasteiger partial charge in [-0.2, -0.15) is 0 Å². The molecule has 128 valence electrons. The van der Waals surface area contributed by atoms with Crippen LogP contribution in [-0.4, -0.2) is 19.5 Å². The van der Waals surface area contributed by atoms with Crippen LogP contribution in [0.4, 0.5) is 0 Å². The van der Waals surface area contributed by atoms with Crippen molar-refractivity contribution in [1.29, 1.82) is 0 Å². The maximum absolute atomic E-state index is 12.0. The lowest BCUT2D eigenvalue weighted by Crippen LogP contribution is -2.34. The van der Waals surface area contributed by atoms with Crippen LogP contribution in [0.1, 0.15) is 23.6 Å². The highest BCUT2D eigenvalue weighted by Crippen LogP contribution is 2.12. The summed E-state index contributed by atoms with van der Waals surface area (Å²) in [7, 11) is 1.85. The van der Waals surface area contributed by atoms with E-state index in [1.165, 1.54) is 0 Å². The van der Waals surface area contributed by atoms with E-state index in [4.69, 9.17) is 4.74 Å². The Kier molecular flexibility index (Phi) is 7.46. The second-order valence-corrected chi connectivity index (χ2v) is 5.92. The number of carbonyl (C=O) groups excluding carboxylic acids is 1. The van der Waals surface area contributed by atoms with Crippen LogP contribution in [0.2, 0.25) is 0 Å². The molecule has 4 heteroatoms. The van der Waals surface area contributed by atoms with Crippen LogP contribution in [-0.2, 0) is 29.3 Å². The fraction of sp³-hybridized carbons (Fsp3) is 0.350. The number of carbonyl (C=O) groups is 1. The summed E-state index contributed by atoms with van der Waals surface area (Å²) in [6.07, 6.45) is 0. The summed E-state index contributed by atoms with van der Waals surface area (Å²) in [5.41, 5.74) is 3.36. The van der Waals surface area contributed by atoms with Crippen molar-refractivity contribution in [3.8, 4) is 0 Å². The van der Waals surface area contributed by atoms with E-state index in [1.54, 1.807) is 0 Å². The highest BCUT2D eigenvalue weighted by Gasteiger charge is 2.12. The first-order valence-electron chi connectivity index (χ1n) is 8.31. The second kappa shape index (κ2) is 9.85. The Bertz CT molecular complexity index is 629. The standard InChI is InChI=1S/C20H26N2O2/c1-16(12-21-2)20(23)22-13-18-10-6-7-11-19(18)15-24-14-17-8-4-3-5-9-17/h3-11,16,21H,12-15H2,1-2H3,(H,22,23).